The maximum atomic E-state index is 13.1. The largest absolute Gasteiger partial charge is 0.351 e. The first-order valence-corrected chi connectivity index (χ1v) is 4.86. The Hall–Kier alpha value is -2.24. The van der Waals surface area contributed by atoms with E-state index in [9.17, 15) is 18.8 Å². The Bertz CT molecular complexity index is 542. The minimum atomic E-state index is -1.07. The van der Waals surface area contributed by atoms with Gasteiger partial charge in [-0.15, -0.1) is 0 Å². The number of benzene rings is 1. The van der Waals surface area contributed by atoms with Crippen molar-refractivity contribution in [3.8, 4) is 0 Å². The van der Waals surface area contributed by atoms with Gasteiger partial charge in [-0.1, -0.05) is 6.07 Å². The van der Waals surface area contributed by atoms with Crippen LogP contribution in [0.3, 0.4) is 0 Å². The van der Waals surface area contributed by atoms with E-state index in [1.165, 1.54) is 13.0 Å². The molecule has 2 rings (SSSR count). The molecule has 6 heteroatoms. The molecule has 0 fully saturated rings. The minimum absolute atomic E-state index is 0.0442. The maximum absolute atomic E-state index is 13.1. The van der Waals surface area contributed by atoms with Gasteiger partial charge in [0.15, 0.2) is 0 Å². The van der Waals surface area contributed by atoms with Gasteiger partial charge in [0.25, 0.3) is 0 Å². The summed E-state index contributed by atoms with van der Waals surface area (Å²) in [6.07, 6.45) is 0. The Labute approximate surface area is 96.0 Å². The second-order valence-corrected chi connectivity index (χ2v) is 3.76. The summed E-state index contributed by atoms with van der Waals surface area (Å²) in [5.74, 6) is -2.82. The Balaban J connectivity index is 2.65. The van der Waals surface area contributed by atoms with Crippen LogP contribution < -0.4 is 10.6 Å². The van der Waals surface area contributed by atoms with Crippen molar-refractivity contribution in [1.82, 2.24) is 0 Å². The van der Waals surface area contributed by atoms with Gasteiger partial charge < -0.3 is 5.73 Å². The molecule has 1 unspecified atom stereocenters. The van der Waals surface area contributed by atoms with E-state index in [1.54, 1.807) is 0 Å². The summed E-state index contributed by atoms with van der Waals surface area (Å²) in [4.78, 5) is 35.0. The fraction of sp³-hybridized carbons (Fsp3) is 0.182. The van der Waals surface area contributed by atoms with Crippen molar-refractivity contribution in [2.75, 3.05) is 4.90 Å². The van der Waals surface area contributed by atoms with Crippen molar-refractivity contribution in [2.24, 2.45) is 5.73 Å². The summed E-state index contributed by atoms with van der Waals surface area (Å²) in [5, 5.41) is 0. The highest BCUT2D eigenvalue weighted by Crippen LogP contribution is 2.38. The summed E-state index contributed by atoms with van der Waals surface area (Å²) in [7, 11) is 0. The smallest absolute Gasteiger partial charge is 0.326 e. The Kier molecular flexibility index (Phi) is 2.42. The van der Waals surface area contributed by atoms with Gasteiger partial charge in [0.1, 0.15) is 17.5 Å². The number of halogens is 1. The second-order valence-electron chi connectivity index (χ2n) is 3.76. The first kappa shape index (κ1) is 11.3. The summed E-state index contributed by atoms with van der Waals surface area (Å²) in [5.41, 5.74) is 5.40. The van der Waals surface area contributed by atoms with E-state index in [4.69, 9.17) is 5.73 Å². The van der Waals surface area contributed by atoms with Crippen LogP contribution in [0.1, 0.15) is 18.4 Å². The van der Waals surface area contributed by atoms with Crippen molar-refractivity contribution in [3.63, 3.8) is 0 Å². The quantitative estimate of drug-likeness (QED) is 0.736. The van der Waals surface area contributed by atoms with Crippen LogP contribution in [0.2, 0.25) is 0 Å². The van der Waals surface area contributed by atoms with Gasteiger partial charge in [0, 0.05) is 0 Å². The van der Waals surface area contributed by atoms with Gasteiger partial charge in [0.2, 0.25) is 5.91 Å². The number of carbonyl (C=O) groups excluding carboxylic acids is 3. The summed E-state index contributed by atoms with van der Waals surface area (Å²) >= 11 is 0. The third-order valence-electron chi connectivity index (χ3n) is 2.64. The number of amides is 3. The fourth-order valence-corrected chi connectivity index (χ4v) is 1.96. The number of hydrogen-bond donors (Lipinski definition) is 1. The lowest BCUT2D eigenvalue weighted by atomic mass is 9.97. The molecule has 1 aliphatic heterocycles. The number of rotatable bonds is 1. The Morgan fingerprint density at radius 3 is 2.59 bits per heavy atom. The second kappa shape index (κ2) is 3.65. The zero-order valence-electron chi connectivity index (χ0n) is 8.94. The molecule has 1 aliphatic rings. The molecule has 3 amide bonds. The van der Waals surface area contributed by atoms with Crippen molar-refractivity contribution in [1.29, 1.82) is 0 Å². The van der Waals surface area contributed by atoms with E-state index >= 15 is 0 Å². The minimum Gasteiger partial charge on any atom is -0.351 e. The number of nitrogens with zero attached hydrogens (tertiary/aromatic N) is 1. The lowest BCUT2D eigenvalue weighted by molar-refractivity contribution is -0.126. The molecule has 0 radical (unpaired) electrons. The normalized spacial score (nSPS) is 18.1. The molecule has 17 heavy (non-hydrogen) atoms. The van der Waals surface area contributed by atoms with Crippen LogP contribution in [0, 0.1) is 5.82 Å². The highest BCUT2D eigenvalue weighted by atomic mass is 19.1. The van der Waals surface area contributed by atoms with Crippen molar-refractivity contribution in [2.45, 2.75) is 12.8 Å². The van der Waals surface area contributed by atoms with Crippen LogP contribution in [0.25, 0.3) is 0 Å². The molecule has 1 atom stereocenters. The van der Waals surface area contributed by atoms with Gasteiger partial charge in [-0.3, -0.25) is 9.59 Å². The SMILES string of the molecule is CC(=O)C1C(=O)N(C(N)=O)c2cc(F)ccc21. The molecular weight excluding hydrogens is 227 g/mol. The van der Waals surface area contributed by atoms with E-state index in [1.807, 2.05) is 0 Å². The third-order valence-corrected chi connectivity index (χ3v) is 2.64. The summed E-state index contributed by atoms with van der Waals surface area (Å²) in [6, 6.07) is 2.44. The lowest BCUT2D eigenvalue weighted by Crippen LogP contribution is -2.40. The van der Waals surface area contributed by atoms with Crippen LogP contribution in [0.5, 0.6) is 0 Å². The first-order chi connectivity index (χ1) is 7.93. The first-order valence-electron chi connectivity index (χ1n) is 4.86. The number of Topliss-reactive ketones (excluding diaryl/α,β-unsaturated/α-hetero) is 1. The van der Waals surface area contributed by atoms with Crippen LogP contribution in [0.15, 0.2) is 18.2 Å². The molecule has 88 valence electrons. The number of primary amides is 1. The Morgan fingerprint density at radius 1 is 1.41 bits per heavy atom. The predicted octanol–water partition coefficient (Wildman–Crippen LogP) is 0.924. The number of fused-ring (bicyclic) bond motifs is 1. The number of ketones is 1. The molecular formula is C11H9FN2O3. The van der Waals surface area contributed by atoms with Gasteiger partial charge in [-0.25, -0.2) is 14.1 Å². The van der Waals surface area contributed by atoms with Crippen LogP contribution in [-0.4, -0.2) is 17.7 Å². The number of carbonyl (C=O) groups is 3. The van der Waals surface area contributed by atoms with Gasteiger partial charge in [-0.05, 0) is 24.6 Å². The van der Waals surface area contributed by atoms with Crippen LogP contribution in [0.4, 0.5) is 14.9 Å². The Morgan fingerprint density at radius 2 is 2.06 bits per heavy atom. The third kappa shape index (κ3) is 1.57. The summed E-state index contributed by atoms with van der Waals surface area (Å²) in [6.45, 7) is 1.24. The van der Waals surface area contributed by atoms with Gasteiger partial charge in [-0.2, -0.15) is 0 Å². The molecule has 5 nitrogen and oxygen atoms in total. The van der Waals surface area contributed by atoms with E-state index in [-0.39, 0.29) is 5.69 Å². The van der Waals surface area contributed by atoms with E-state index in [0.29, 0.717) is 10.5 Å². The molecule has 0 aliphatic carbocycles. The molecule has 1 aromatic carbocycles. The predicted molar refractivity (Wildman–Crippen MR) is 56.9 cm³/mol. The number of urea groups is 1. The highest BCUT2D eigenvalue weighted by molar-refractivity contribution is 6.26. The monoisotopic (exact) mass is 236 g/mol. The molecule has 0 saturated carbocycles. The number of anilines is 1. The lowest BCUT2D eigenvalue weighted by Gasteiger charge is -2.11. The average Bonchev–Trinajstić information content (AvgIpc) is 2.48. The van der Waals surface area contributed by atoms with E-state index < -0.39 is 29.5 Å². The van der Waals surface area contributed by atoms with Gasteiger partial charge >= 0.3 is 6.03 Å². The fourth-order valence-electron chi connectivity index (χ4n) is 1.96. The van der Waals surface area contributed by atoms with Crippen molar-refractivity contribution < 1.29 is 18.8 Å². The zero-order chi connectivity index (χ0) is 12.7. The van der Waals surface area contributed by atoms with Gasteiger partial charge in [0.05, 0.1) is 5.69 Å². The molecule has 0 aromatic heterocycles. The number of hydrogen-bond acceptors (Lipinski definition) is 3. The molecule has 2 N–H and O–H groups in total. The van der Waals surface area contributed by atoms with Crippen LogP contribution >= 0.6 is 0 Å². The van der Waals surface area contributed by atoms with Crippen LogP contribution in [-0.2, 0) is 9.59 Å². The molecule has 0 bridgehead atoms. The summed E-state index contributed by atoms with van der Waals surface area (Å²) < 4.78 is 13.1. The molecule has 0 saturated heterocycles. The number of imide groups is 1. The van der Waals surface area contributed by atoms with E-state index in [2.05, 4.69) is 0 Å². The average molecular weight is 236 g/mol. The topological polar surface area (TPSA) is 80.5 Å². The number of nitrogens with two attached hydrogens (primary N) is 1. The zero-order valence-corrected chi connectivity index (χ0v) is 8.94. The van der Waals surface area contributed by atoms with Crippen molar-refractivity contribution in [3.05, 3.63) is 29.6 Å². The maximum Gasteiger partial charge on any atom is 0.326 e. The highest BCUT2D eigenvalue weighted by Gasteiger charge is 2.42. The van der Waals surface area contributed by atoms with Crippen molar-refractivity contribution >= 4 is 23.4 Å². The molecule has 1 heterocycles. The molecule has 1 aromatic rings. The standard InChI is InChI=1S/C11H9FN2O3/c1-5(15)9-7-3-2-6(12)4-8(7)14(10(9)16)11(13)17/h2-4,9H,1H3,(H2,13,17). The molecule has 0 spiro atoms. The van der Waals surface area contributed by atoms with E-state index in [0.717, 1.165) is 12.1 Å².